The van der Waals surface area contributed by atoms with Crippen molar-refractivity contribution in [1.29, 1.82) is 0 Å². The molecule has 4 rings (SSSR count). The van der Waals surface area contributed by atoms with E-state index in [2.05, 4.69) is 18.7 Å². The second-order valence-electron chi connectivity index (χ2n) is 11.5. The van der Waals surface area contributed by atoms with E-state index in [0.29, 0.717) is 24.8 Å². The fourth-order valence-electron chi connectivity index (χ4n) is 7.94. The summed E-state index contributed by atoms with van der Waals surface area (Å²) in [5.41, 5.74) is -5.17. The van der Waals surface area contributed by atoms with Crippen LogP contribution in [0.2, 0.25) is 0 Å². The summed E-state index contributed by atoms with van der Waals surface area (Å²) < 4.78 is 16.9. The van der Waals surface area contributed by atoms with Gasteiger partial charge in [0.1, 0.15) is 12.2 Å². The Morgan fingerprint density at radius 2 is 1.83 bits per heavy atom. The highest BCUT2D eigenvalue weighted by molar-refractivity contribution is 6.01. The van der Waals surface area contributed by atoms with Gasteiger partial charge in [0.15, 0.2) is 17.2 Å². The minimum Gasteiger partial charge on any atom is -0.395 e. The van der Waals surface area contributed by atoms with E-state index in [0.717, 1.165) is 19.6 Å². The van der Waals surface area contributed by atoms with Crippen LogP contribution in [0.15, 0.2) is 23.8 Å². The Labute approximate surface area is 214 Å². The predicted molar refractivity (Wildman–Crippen MR) is 135 cm³/mol. The van der Waals surface area contributed by atoms with Crippen molar-refractivity contribution in [3.63, 3.8) is 0 Å². The van der Waals surface area contributed by atoms with Crippen LogP contribution in [-0.4, -0.2) is 87.1 Å². The molecule has 3 fully saturated rings. The van der Waals surface area contributed by atoms with Crippen LogP contribution in [0.25, 0.3) is 0 Å². The first-order valence-corrected chi connectivity index (χ1v) is 13.3. The largest absolute Gasteiger partial charge is 0.395 e. The molecule has 0 aromatic heterocycles. The number of hydrogen-bond donors (Lipinski definition) is 4. The maximum absolute atomic E-state index is 16.9. The molecular weight excluding hydrogens is 465 g/mol. The third-order valence-corrected chi connectivity index (χ3v) is 10.1. The molecule has 0 unspecified atom stereocenters. The molecule has 0 aromatic rings. The van der Waals surface area contributed by atoms with E-state index in [1.54, 1.807) is 26.8 Å². The van der Waals surface area contributed by atoms with Crippen molar-refractivity contribution < 1.29 is 34.4 Å². The predicted octanol–water partition coefficient (Wildman–Crippen LogP) is 2.22. The average molecular weight is 510 g/mol. The zero-order valence-electron chi connectivity index (χ0n) is 22.3. The molecule has 8 heteroatoms. The number of carbonyl (C=O) groups excluding carboxylic acids is 2. The fraction of sp³-hybridized carbons (Fsp3) is 0.786. The summed E-state index contributed by atoms with van der Waals surface area (Å²) in [6, 6.07) is 0. The Hall–Kier alpha value is -1.45. The molecular formula is C28H44FNO6. The lowest BCUT2D eigenvalue weighted by molar-refractivity contribution is -0.219. The standard InChI is InChI=1S/C22H29FO5.C6H15NO/c1-12-8-16-15-5-4-13-9-14(25)6-7-19(13,2)21(15,23)17(26)10-20(16,3)22(12,28)18(27)11-24;1-3-7(4-2)5-6-8/h6-7,9,12,15-17,24,26,28H,4-5,8,10-11H2,1-3H3;8H,3-6H2,1-2H3/t12-,15+,16+,17+,19+,20+,21+,22+;/m1./s1. The number of aliphatic hydroxyl groups is 4. The molecule has 0 spiro atoms. The molecule has 8 atom stereocenters. The summed E-state index contributed by atoms with van der Waals surface area (Å²) in [6.07, 6.45) is 4.44. The first-order chi connectivity index (χ1) is 16.8. The number of allylic oxidation sites excluding steroid dienone is 4. The van der Waals surface area contributed by atoms with E-state index in [4.69, 9.17) is 5.11 Å². The van der Waals surface area contributed by atoms with E-state index in [-0.39, 0.29) is 24.7 Å². The Balaban J connectivity index is 0.000000392. The second-order valence-corrected chi connectivity index (χ2v) is 11.5. The van der Waals surface area contributed by atoms with Gasteiger partial charge in [0, 0.05) is 23.3 Å². The van der Waals surface area contributed by atoms with Gasteiger partial charge in [-0.2, -0.15) is 0 Å². The van der Waals surface area contributed by atoms with Gasteiger partial charge in [-0.05, 0) is 69.7 Å². The summed E-state index contributed by atoms with van der Waals surface area (Å²) >= 11 is 0. The third kappa shape index (κ3) is 4.04. The molecule has 3 saturated carbocycles. The van der Waals surface area contributed by atoms with Gasteiger partial charge in [-0.1, -0.05) is 39.3 Å². The summed E-state index contributed by atoms with van der Waals surface area (Å²) in [7, 11) is 0. The lowest BCUT2D eigenvalue weighted by atomic mass is 9.44. The molecule has 204 valence electrons. The van der Waals surface area contributed by atoms with Crippen molar-refractivity contribution in [1.82, 2.24) is 4.90 Å². The normalized spacial score (nSPS) is 43.2. The van der Waals surface area contributed by atoms with Crippen LogP contribution in [0, 0.1) is 28.6 Å². The molecule has 7 nitrogen and oxygen atoms in total. The second kappa shape index (κ2) is 10.4. The summed E-state index contributed by atoms with van der Waals surface area (Å²) in [6.45, 7) is 11.8. The van der Waals surface area contributed by atoms with Crippen molar-refractivity contribution in [2.75, 3.05) is 32.8 Å². The quantitative estimate of drug-likeness (QED) is 0.434. The number of halogens is 1. The van der Waals surface area contributed by atoms with E-state index in [1.165, 1.54) is 12.2 Å². The molecule has 0 aliphatic heterocycles. The Morgan fingerprint density at radius 1 is 1.19 bits per heavy atom. The molecule has 4 aliphatic rings. The molecule has 0 amide bonds. The lowest BCUT2D eigenvalue weighted by Gasteiger charge is -2.62. The Kier molecular flexibility index (Phi) is 8.38. The maximum atomic E-state index is 16.9. The summed E-state index contributed by atoms with van der Waals surface area (Å²) in [5.74, 6) is -2.12. The molecule has 0 heterocycles. The summed E-state index contributed by atoms with van der Waals surface area (Å²) in [5, 5.41) is 40.4. The van der Waals surface area contributed by atoms with Crippen molar-refractivity contribution in [2.45, 2.75) is 77.7 Å². The minimum absolute atomic E-state index is 0.0676. The molecule has 4 aliphatic carbocycles. The number of nitrogens with zero attached hydrogens (tertiary/aromatic N) is 1. The van der Waals surface area contributed by atoms with E-state index < -0.39 is 52.4 Å². The van der Waals surface area contributed by atoms with Gasteiger partial charge in [-0.15, -0.1) is 0 Å². The van der Waals surface area contributed by atoms with Crippen LogP contribution in [0.5, 0.6) is 0 Å². The number of hydrogen-bond acceptors (Lipinski definition) is 7. The zero-order valence-corrected chi connectivity index (χ0v) is 22.3. The van der Waals surface area contributed by atoms with E-state index in [1.807, 2.05) is 0 Å². The Morgan fingerprint density at radius 3 is 2.36 bits per heavy atom. The monoisotopic (exact) mass is 509 g/mol. The van der Waals surface area contributed by atoms with Crippen molar-refractivity contribution >= 4 is 11.6 Å². The highest BCUT2D eigenvalue weighted by Crippen LogP contribution is 2.70. The SMILES string of the molecule is CCN(CC)CCO.C[C@@H]1C[C@H]2[C@@H]3CCC4=CC(=O)C=C[C@]4(C)[C@@]3(F)[C@@H](O)C[C@]2(C)[C@@]1(O)C(=O)CO. The van der Waals surface area contributed by atoms with Crippen LogP contribution < -0.4 is 0 Å². The topological polar surface area (TPSA) is 118 Å². The van der Waals surface area contributed by atoms with E-state index >= 15 is 4.39 Å². The first-order valence-electron chi connectivity index (χ1n) is 13.3. The van der Waals surface area contributed by atoms with Gasteiger partial charge >= 0.3 is 0 Å². The number of Topliss-reactive ketones (excluding diaryl/α,β-unsaturated/α-hetero) is 1. The highest BCUT2D eigenvalue weighted by atomic mass is 19.1. The van der Waals surface area contributed by atoms with Gasteiger partial charge < -0.3 is 25.3 Å². The molecule has 0 aromatic carbocycles. The third-order valence-electron chi connectivity index (χ3n) is 10.1. The number of likely N-dealkylation sites (N-methyl/N-ethyl adjacent to an activating group) is 1. The van der Waals surface area contributed by atoms with Crippen LogP contribution in [0.4, 0.5) is 4.39 Å². The van der Waals surface area contributed by atoms with Gasteiger partial charge in [0.2, 0.25) is 0 Å². The van der Waals surface area contributed by atoms with Crippen molar-refractivity contribution in [3.8, 4) is 0 Å². The number of fused-ring (bicyclic) bond motifs is 5. The van der Waals surface area contributed by atoms with Gasteiger partial charge in [0.25, 0.3) is 0 Å². The van der Waals surface area contributed by atoms with Crippen LogP contribution in [0.3, 0.4) is 0 Å². The Bertz CT molecular complexity index is 918. The maximum Gasteiger partial charge on any atom is 0.190 e. The molecule has 0 radical (unpaired) electrons. The van der Waals surface area contributed by atoms with Gasteiger partial charge in [-0.25, -0.2) is 4.39 Å². The lowest BCUT2D eigenvalue weighted by Crippen LogP contribution is -2.69. The van der Waals surface area contributed by atoms with Gasteiger partial charge in [-0.3, -0.25) is 9.59 Å². The fourth-order valence-corrected chi connectivity index (χ4v) is 7.94. The number of alkyl halides is 1. The van der Waals surface area contributed by atoms with Crippen molar-refractivity contribution in [2.24, 2.45) is 28.6 Å². The number of carbonyl (C=O) groups is 2. The van der Waals surface area contributed by atoms with Crippen LogP contribution in [-0.2, 0) is 9.59 Å². The molecule has 36 heavy (non-hydrogen) atoms. The number of aliphatic hydroxyl groups excluding tert-OH is 3. The smallest absolute Gasteiger partial charge is 0.190 e. The highest BCUT2D eigenvalue weighted by Gasteiger charge is 2.75. The summed E-state index contributed by atoms with van der Waals surface area (Å²) in [4.78, 5) is 26.6. The number of rotatable bonds is 6. The zero-order chi connectivity index (χ0) is 27.1. The molecule has 0 saturated heterocycles. The van der Waals surface area contributed by atoms with Crippen LogP contribution >= 0.6 is 0 Å². The molecule has 0 bridgehead atoms. The molecule has 4 N–H and O–H groups in total. The van der Waals surface area contributed by atoms with Crippen molar-refractivity contribution in [3.05, 3.63) is 23.8 Å². The first kappa shape index (κ1) is 29.1. The van der Waals surface area contributed by atoms with E-state index in [9.17, 15) is 24.9 Å². The minimum atomic E-state index is -1.98. The average Bonchev–Trinajstić information content (AvgIpc) is 3.05. The number of ketones is 2. The van der Waals surface area contributed by atoms with Gasteiger partial charge in [0.05, 0.1) is 12.7 Å². The van der Waals surface area contributed by atoms with Crippen LogP contribution in [0.1, 0.15) is 60.3 Å².